The monoisotopic (exact) mass is 737 g/mol. The molecule has 3 N–H and O–H groups in total. The van der Waals surface area contributed by atoms with Crippen LogP contribution in [0, 0.1) is 0 Å². The largest absolute Gasteiger partial charge is 0.472 e. The number of rotatable bonds is 36. The minimum Gasteiger partial charge on any atom is -0.462 e. The fraction of sp³-hybridized carbons (Fsp3) is 0.707. The van der Waals surface area contributed by atoms with E-state index in [1.165, 1.54) is 44.9 Å². The number of hydrogen-bond acceptors (Lipinski definition) is 8. The molecule has 0 spiro atoms. The number of hydrogen-bond donors (Lipinski definition) is 2. The lowest BCUT2D eigenvalue weighted by Crippen LogP contribution is -2.29. The van der Waals surface area contributed by atoms with Crippen LogP contribution in [0.5, 0.6) is 0 Å². The summed E-state index contributed by atoms with van der Waals surface area (Å²) in [4.78, 5) is 34.7. The molecule has 0 saturated carbocycles. The highest BCUT2D eigenvalue weighted by atomic mass is 31.2. The smallest absolute Gasteiger partial charge is 0.462 e. The molecule has 294 valence electrons. The van der Waals surface area contributed by atoms with Crippen molar-refractivity contribution in [2.45, 2.75) is 161 Å². The van der Waals surface area contributed by atoms with Gasteiger partial charge in [-0.2, -0.15) is 0 Å². The number of unbranched alkanes of at least 4 members (excludes halogenated alkanes) is 13. The van der Waals surface area contributed by atoms with Gasteiger partial charge in [0, 0.05) is 19.4 Å². The van der Waals surface area contributed by atoms with Crippen molar-refractivity contribution >= 4 is 19.8 Å². The molecule has 51 heavy (non-hydrogen) atoms. The van der Waals surface area contributed by atoms with Gasteiger partial charge in [0.1, 0.15) is 6.61 Å². The molecule has 0 aromatic heterocycles. The van der Waals surface area contributed by atoms with E-state index in [0.717, 1.165) is 70.6 Å². The zero-order chi connectivity index (χ0) is 37.5. The lowest BCUT2D eigenvalue weighted by atomic mass is 10.1. The predicted octanol–water partition coefficient (Wildman–Crippen LogP) is 10.9. The molecular weight excluding hydrogens is 665 g/mol. The lowest BCUT2D eigenvalue weighted by Gasteiger charge is -2.19. The van der Waals surface area contributed by atoms with Crippen LogP contribution in [0.4, 0.5) is 0 Å². The zero-order valence-corrected chi connectivity index (χ0v) is 33.0. The molecule has 0 aromatic carbocycles. The third kappa shape index (κ3) is 37.3. The number of esters is 2. The van der Waals surface area contributed by atoms with Crippen LogP contribution < -0.4 is 5.73 Å². The van der Waals surface area contributed by atoms with E-state index in [0.29, 0.717) is 12.8 Å². The molecule has 0 radical (unpaired) electrons. The Bertz CT molecular complexity index is 1020. The van der Waals surface area contributed by atoms with Crippen molar-refractivity contribution < 1.29 is 37.6 Å². The van der Waals surface area contributed by atoms with Crippen molar-refractivity contribution in [2.24, 2.45) is 5.73 Å². The van der Waals surface area contributed by atoms with Crippen LogP contribution in [0.1, 0.15) is 155 Å². The highest BCUT2D eigenvalue weighted by molar-refractivity contribution is 7.47. The van der Waals surface area contributed by atoms with E-state index in [2.05, 4.69) is 74.6 Å². The van der Waals surface area contributed by atoms with Crippen molar-refractivity contribution in [3.8, 4) is 0 Å². The quantitative estimate of drug-likeness (QED) is 0.0279. The van der Waals surface area contributed by atoms with E-state index < -0.39 is 32.5 Å². The van der Waals surface area contributed by atoms with Crippen molar-refractivity contribution in [1.82, 2.24) is 0 Å². The number of phosphoric acid groups is 1. The molecule has 1 unspecified atom stereocenters. The summed E-state index contributed by atoms with van der Waals surface area (Å²) in [5.41, 5.74) is 5.33. The molecule has 0 aliphatic carbocycles. The van der Waals surface area contributed by atoms with Crippen LogP contribution in [0.3, 0.4) is 0 Å². The number of allylic oxidation sites excluding steroid dienone is 10. The van der Waals surface area contributed by atoms with Gasteiger partial charge < -0.3 is 20.1 Å². The maximum absolute atomic E-state index is 12.5. The van der Waals surface area contributed by atoms with Crippen LogP contribution >= 0.6 is 7.82 Å². The van der Waals surface area contributed by atoms with Crippen LogP contribution in [-0.2, 0) is 32.7 Å². The molecule has 0 saturated heterocycles. The number of carbonyl (C=O) groups is 2. The highest BCUT2D eigenvalue weighted by Crippen LogP contribution is 2.43. The molecule has 10 heteroatoms. The second kappa shape index (κ2) is 37.5. The normalized spacial score (nSPS) is 14.0. The molecule has 0 bridgehead atoms. The molecule has 0 rings (SSSR count). The topological polar surface area (TPSA) is 134 Å². The minimum absolute atomic E-state index is 0.0425. The summed E-state index contributed by atoms with van der Waals surface area (Å²) >= 11 is 0. The molecular formula is C41H72NO8P. The third-order valence-electron chi connectivity index (χ3n) is 7.88. The van der Waals surface area contributed by atoms with Gasteiger partial charge in [-0.05, 0) is 83.5 Å². The lowest BCUT2D eigenvalue weighted by molar-refractivity contribution is -0.161. The second-order valence-corrected chi connectivity index (χ2v) is 14.2. The number of nitrogens with two attached hydrogens (primary N) is 1. The molecule has 0 amide bonds. The van der Waals surface area contributed by atoms with Crippen LogP contribution in [0.15, 0.2) is 60.8 Å². The average molecular weight is 738 g/mol. The van der Waals surface area contributed by atoms with Gasteiger partial charge in [0.15, 0.2) is 6.10 Å². The van der Waals surface area contributed by atoms with Gasteiger partial charge in [-0.1, -0.05) is 120 Å². The Morgan fingerprint density at radius 1 is 0.588 bits per heavy atom. The van der Waals surface area contributed by atoms with Crippen molar-refractivity contribution in [3.05, 3.63) is 60.8 Å². The number of phosphoric ester groups is 1. The van der Waals surface area contributed by atoms with Crippen LogP contribution in [0.25, 0.3) is 0 Å². The highest BCUT2D eigenvalue weighted by Gasteiger charge is 2.25. The van der Waals surface area contributed by atoms with Gasteiger partial charge in [-0.3, -0.25) is 18.6 Å². The summed E-state index contributed by atoms with van der Waals surface area (Å²) in [7, 11) is -4.39. The van der Waals surface area contributed by atoms with Crippen molar-refractivity contribution in [1.29, 1.82) is 0 Å². The Morgan fingerprint density at radius 3 is 1.55 bits per heavy atom. The molecule has 9 nitrogen and oxygen atoms in total. The average Bonchev–Trinajstić information content (AvgIpc) is 3.11. The van der Waals surface area contributed by atoms with Gasteiger partial charge >= 0.3 is 19.8 Å². The van der Waals surface area contributed by atoms with E-state index in [1.54, 1.807) is 0 Å². The fourth-order valence-electron chi connectivity index (χ4n) is 4.90. The molecule has 0 aliphatic rings. The minimum atomic E-state index is -4.39. The van der Waals surface area contributed by atoms with Gasteiger partial charge in [0.05, 0.1) is 13.2 Å². The summed E-state index contributed by atoms with van der Waals surface area (Å²) in [5.74, 6) is -0.896. The Balaban J connectivity index is 4.32. The fourth-order valence-corrected chi connectivity index (χ4v) is 5.67. The summed E-state index contributed by atoms with van der Waals surface area (Å²) in [6.45, 7) is 3.59. The first-order chi connectivity index (χ1) is 24.8. The SMILES string of the molecule is CCCCC/C=C/C/C=C/C/C=C/CCCCC(=O)O[C@H](COC(=O)CCCCCCC/C=C/C/C=C/CCCCC)COP(=O)(O)OCCN. The zero-order valence-electron chi connectivity index (χ0n) is 32.1. The van der Waals surface area contributed by atoms with Crippen molar-refractivity contribution in [3.63, 3.8) is 0 Å². The first kappa shape index (κ1) is 48.7. The summed E-state index contributed by atoms with van der Waals surface area (Å²) < 4.78 is 32.6. The molecule has 0 fully saturated rings. The first-order valence-electron chi connectivity index (χ1n) is 19.8. The van der Waals surface area contributed by atoms with Crippen LogP contribution in [-0.4, -0.2) is 49.3 Å². The maximum atomic E-state index is 12.5. The van der Waals surface area contributed by atoms with Gasteiger partial charge in [0.2, 0.25) is 0 Å². The Kier molecular flexibility index (Phi) is 35.8. The number of ether oxygens (including phenoxy) is 2. The number of carbonyl (C=O) groups excluding carboxylic acids is 2. The maximum Gasteiger partial charge on any atom is 0.472 e. The molecule has 0 heterocycles. The van der Waals surface area contributed by atoms with Gasteiger partial charge in [-0.25, -0.2) is 4.57 Å². The van der Waals surface area contributed by atoms with Crippen LogP contribution in [0.2, 0.25) is 0 Å². The van der Waals surface area contributed by atoms with Crippen molar-refractivity contribution in [2.75, 3.05) is 26.4 Å². The predicted molar refractivity (Wildman–Crippen MR) is 210 cm³/mol. The Hall–Kier alpha value is -2.29. The molecule has 0 aliphatic heterocycles. The molecule has 2 atom stereocenters. The summed E-state index contributed by atoms with van der Waals surface area (Å²) in [6, 6.07) is 0. The second-order valence-electron chi connectivity index (χ2n) is 12.8. The summed E-state index contributed by atoms with van der Waals surface area (Å²) in [6.07, 6.45) is 42.5. The standard InChI is InChI=1S/C41H72NO8P/c1-3-5-7-9-11-13-15-17-19-21-23-25-27-29-31-33-40(43)47-37-39(38-49-51(45,46)48-36-35-42)50-41(44)34-32-30-28-26-24-22-20-18-16-14-12-10-8-6-4-2/h11-14,17-20,24,26,39H,3-10,15-16,21-23,25,27-38,42H2,1-2H3,(H,45,46)/b13-11+,14-12+,19-17+,20-18+,26-24+/t39-/m1/s1. The van der Waals surface area contributed by atoms with Gasteiger partial charge in [0.25, 0.3) is 0 Å². The van der Waals surface area contributed by atoms with E-state index in [9.17, 15) is 19.0 Å². The van der Waals surface area contributed by atoms with E-state index in [1.807, 2.05) is 0 Å². The third-order valence-corrected chi connectivity index (χ3v) is 8.86. The van der Waals surface area contributed by atoms with E-state index in [-0.39, 0.29) is 32.6 Å². The first-order valence-corrected chi connectivity index (χ1v) is 21.3. The van der Waals surface area contributed by atoms with E-state index >= 15 is 0 Å². The Labute approximate surface area is 310 Å². The van der Waals surface area contributed by atoms with E-state index in [4.69, 9.17) is 24.3 Å². The summed E-state index contributed by atoms with van der Waals surface area (Å²) in [5, 5.41) is 0. The molecule has 0 aromatic rings. The van der Waals surface area contributed by atoms with Gasteiger partial charge in [-0.15, -0.1) is 0 Å². The Morgan fingerprint density at radius 2 is 1.02 bits per heavy atom.